The van der Waals surface area contributed by atoms with Gasteiger partial charge in [-0.15, -0.1) is 0 Å². The molecule has 0 aromatic carbocycles. The highest BCUT2D eigenvalue weighted by Crippen LogP contribution is 2.10. The second kappa shape index (κ2) is 4.45. The highest BCUT2D eigenvalue weighted by molar-refractivity contribution is 14.1. The van der Waals surface area contributed by atoms with Gasteiger partial charge in [-0.3, -0.25) is 0 Å². The molecule has 0 saturated carbocycles. The molecule has 1 heterocycles. The number of imidazole rings is 1. The zero-order valence-electron chi connectivity index (χ0n) is 6.84. The van der Waals surface area contributed by atoms with E-state index in [1.54, 1.807) is 6.33 Å². The van der Waals surface area contributed by atoms with Crippen LogP contribution in [0.3, 0.4) is 0 Å². The molecule has 0 aliphatic carbocycles. The van der Waals surface area contributed by atoms with Gasteiger partial charge in [-0.1, -0.05) is 29.5 Å². The lowest BCUT2D eigenvalue weighted by molar-refractivity contribution is 0.657. The molecule has 4 heteroatoms. The predicted molar refractivity (Wildman–Crippen MR) is 55.1 cm³/mol. The van der Waals surface area contributed by atoms with Crippen molar-refractivity contribution in [3.8, 4) is 6.07 Å². The number of hydrogen-bond acceptors (Lipinski definition) is 2. The summed E-state index contributed by atoms with van der Waals surface area (Å²) in [5.74, 6) is 0.596. The van der Waals surface area contributed by atoms with Gasteiger partial charge in [-0.2, -0.15) is 5.26 Å². The van der Waals surface area contributed by atoms with Crippen LogP contribution in [0.5, 0.6) is 0 Å². The highest BCUT2D eigenvalue weighted by atomic mass is 127. The number of nitrogens with one attached hydrogen (secondary N) is 1. The van der Waals surface area contributed by atoms with Crippen LogP contribution in [0.1, 0.15) is 18.3 Å². The molecule has 0 aliphatic rings. The number of hydrogen-bond donors (Lipinski definition) is 1. The van der Waals surface area contributed by atoms with E-state index in [2.05, 4.69) is 45.6 Å². The van der Waals surface area contributed by atoms with Crippen LogP contribution in [0.15, 0.2) is 6.33 Å². The second-order valence-corrected chi connectivity index (χ2v) is 3.69. The minimum atomic E-state index is 0.534. The first-order valence-corrected chi connectivity index (χ1v) is 5.28. The number of aromatic amines is 1. The lowest BCUT2D eigenvalue weighted by Gasteiger charge is -2.04. The molecule has 1 atom stereocenters. The Kier molecular flexibility index (Phi) is 3.53. The fourth-order valence-corrected chi connectivity index (χ4v) is 1.29. The number of H-pyrrole nitrogens is 1. The number of nitrogens with zero attached hydrogens (tertiary/aromatic N) is 2. The zero-order chi connectivity index (χ0) is 8.97. The van der Waals surface area contributed by atoms with Crippen molar-refractivity contribution in [1.29, 1.82) is 5.26 Å². The van der Waals surface area contributed by atoms with E-state index in [-0.39, 0.29) is 0 Å². The fraction of sp³-hybridized carbons (Fsp3) is 0.500. The lowest BCUT2D eigenvalue weighted by Crippen LogP contribution is -2.02. The number of nitriles is 1. The smallest absolute Gasteiger partial charge is 0.161 e. The van der Waals surface area contributed by atoms with Gasteiger partial charge in [0.1, 0.15) is 6.07 Å². The summed E-state index contributed by atoms with van der Waals surface area (Å²) >= 11 is 2.34. The first-order valence-electron chi connectivity index (χ1n) is 3.76. The van der Waals surface area contributed by atoms with Gasteiger partial charge >= 0.3 is 0 Å². The number of rotatable bonds is 3. The summed E-state index contributed by atoms with van der Waals surface area (Å²) in [7, 11) is 0. The summed E-state index contributed by atoms with van der Waals surface area (Å²) in [5.41, 5.74) is 1.49. The Bertz CT molecular complexity index is 287. The van der Waals surface area contributed by atoms with E-state index in [1.165, 1.54) is 0 Å². The van der Waals surface area contributed by atoms with E-state index < -0.39 is 0 Å². The Labute approximate surface area is 85.3 Å². The van der Waals surface area contributed by atoms with Gasteiger partial charge in [-0.25, -0.2) is 4.98 Å². The predicted octanol–water partition coefficient (Wildman–Crippen LogP) is 1.89. The third-order valence-corrected chi connectivity index (χ3v) is 3.14. The van der Waals surface area contributed by atoms with E-state index in [0.717, 1.165) is 16.5 Å². The summed E-state index contributed by atoms with van der Waals surface area (Å²) in [5, 5.41) is 8.66. The summed E-state index contributed by atoms with van der Waals surface area (Å²) in [6.07, 6.45) is 2.49. The molecule has 0 amide bonds. The molecule has 3 nitrogen and oxygen atoms in total. The average molecular weight is 275 g/mol. The minimum absolute atomic E-state index is 0.534. The maximum Gasteiger partial charge on any atom is 0.161 e. The Balaban J connectivity index is 2.69. The molecule has 12 heavy (non-hydrogen) atoms. The van der Waals surface area contributed by atoms with Crippen molar-refractivity contribution in [1.82, 2.24) is 9.97 Å². The van der Waals surface area contributed by atoms with Crippen LogP contribution in [-0.4, -0.2) is 14.4 Å². The number of halogens is 1. The molecule has 0 saturated heterocycles. The van der Waals surface area contributed by atoms with Gasteiger partial charge < -0.3 is 4.98 Å². The van der Waals surface area contributed by atoms with Crippen LogP contribution in [0, 0.1) is 17.2 Å². The van der Waals surface area contributed by atoms with Crippen LogP contribution >= 0.6 is 22.6 Å². The molecule has 1 aromatic heterocycles. The minimum Gasteiger partial charge on any atom is -0.347 e. The average Bonchev–Trinajstić information content (AvgIpc) is 2.51. The molecule has 0 aliphatic heterocycles. The van der Waals surface area contributed by atoms with Crippen molar-refractivity contribution in [2.45, 2.75) is 13.3 Å². The molecular formula is C8H10IN3. The van der Waals surface area contributed by atoms with Crippen LogP contribution in [0.2, 0.25) is 0 Å². The molecule has 1 rings (SSSR count). The van der Waals surface area contributed by atoms with Gasteiger partial charge in [0.2, 0.25) is 0 Å². The standard InChI is InChI=1S/C8H10IN3/c1-6(3-9)2-7-8(4-10)12-5-11-7/h5-6H,2-3H2,1H3,(H,11,12). The van der Waals surface area contributed by atoms with Gasteiger partial charge in [0.05, 0.1) is 12.0 Å². The van der Waals surface area contributed by atoms with Crippen LogP contribution in [-0.2, 0) is 6.42 Å². The largest absolute Gasteiger partial charge is 0.347 e. The van der Waals surface area contributed by atoms with E-state index >= 15 is 0 Å². The molecule has 1 unspecified atom stereocenters. The molecule has 1 aromatic rings. The molecule has 64 valence electrons. The monoisotopic (exact) mass is 275 g/mol. The SMILES string of the molecule is CC(CI)Cc1[nH]cnc1C#N. The maximum atomic E-state index is 8.66. The lowest BCUT2D eigenvalue weighted by atomic mass is 10.1. The molecule has 0 bridgehead atoms. The van der Waals surface area contributed by atoms with Crippen molar-refractivity contribution in [3.63, 3.8) is 0 Å². The molecular weight excluding hydrogens is 265 g/mol. The molecule has 0 spiro atoms. The van der Waals surface area contributed by atoms with E-state index in [9.17, 15) is 0 Å². The summed E-state index contributed by atoms with van der Waals surface area (Å²) < 4.78 is 1.10. The van der Waals surface area contributed by atoms with Crippen molar-refractivity contribution in [2.24, 2.45) is 5.92 Å². The van der Waals surface area contributed by atoms with Gasteiger partial charge in [0, 0.05) is 4.43 Å². The highest BCUT2D eigenvalue weighted by Gasteiger charge is 2.08. The van der Waals surface area contributed by atoms with Gasteiger partial charge in [-0.05, 0) is 12.3 Å². The van der Waals surface area contributed by atoms with Crippen LogP contribution < -0.4 is 0 Å². The second-order valence-electron chi connectivity index (χ2n) is 2.81. The van der Waals surface area contributed by atoms with Crippen LogP contribution in [0.4, 0.5) is 0 Å². The molecule has 1 N–H and O–H groups in total. The Morgan fingerprint density at radius 3 is 3.17 bits per heavy atom. The van der Waals surface area contributed by atoms with Gasteiger partial charge in [0.15, 0.2) is 5.69 Å². The maximum absolute atomic E-state index is 8.66. The first-order chi connectivity index (χ1) is 5.77. The first kappa shape index (κ1) is 9.52. The third kappa shape index (κ3) is 2.21. The van der Waals surface area contributed by atoms with Crippen molar-refractivity contribution in [2.75, 3.05) is 4.43 Å². The molecule has 0 fully saturated rings. The Morgan fingerprint density at radius 2 is 2.58 bits per heavy atom. The van der Waals surface area contributed by atoms with Crippen molar-refractivity contribution >= 4 is 22.6 Å². The normalized spacial score (nSPS) is 12.4. The summed E-state index contributed by atoms with van der Waals surface area (Å²) in [6, 6.07) is 2.06. The van der Waals surface area contributed by atoms with Crippen molar-refractivity contribution < 1.29 is 0 Å². The fourth-order valence-electron chi connectivity index (χ4n) is 0.976. The summed E-state index contributed by atoms with van der Waals surface area (Å²) in [4.78, 5) is 6.89. The zero-order valence-corrected chi connectivity index (χ0v) is 9.00. The summed E-state index contributed by atoms with van der Waals surface area (Å²) in [6.45, 7) is 2.16. The Morgan fingerprint density at radius 1 is 1.83 bits per heavy atom. The third-order valence-electron chi connectivity index (χ3n) is 1.64. The molecule has 0 radical (unpaired) electrons. The van der Waals surface area contributed by atoms with E-state index in [4.69, 9.17) is 5.26 Å². The number of aromatic nitrogens is 2. The Hall–Kier alpha value is -0.570. The quantitative estimate of drug-likeness (QED) is 0.676. The van der Waals surface area contributed by atoms with E-state index in [0.29, 0.717) is 11.6 Å². The van der Waals surface area contributed by atoms with Crippen LogP contribution in [0.25, 0.3) is 0 Å². The van der Waals surface area contributed by atoms with Crippen molar-refractivity contribution in [3.05, 3.63) is 17.7 Å². The van der Waals surface area contributed by atoms with E-state index in [1.807, 2.05) is 0 Å². The number of alkyl halides is 1. The topological polar surface area (TPSA) is 52.5 Å². The van der Waals surface area contributed by atoms with Gasteiger partial charge in [0.25, 0.3) is 0 Å².